The molecule has 4 aromatic rings. The number of carbonyl (C=O) groups excluding carboxylic acids is 2. The smallest absolute Gasteiger partial charge is 0.545 e. The third-order valence-corrected chi connectivity index (χ3v) is 7.21. The van der Waals surface area contributed by atoms with E-state index in [4.69, 9.17) is 16.3 Å². The van der Waals surface area contributed by atoms with E-state index in [0.717, 1.165) is 22.2 Å². The van der Waals surface area contributed by atoms with Crippen molar-refractivity contribution in [2.45, 2.75) is 18.3 Å². The van der Waals surface area contributed by atoms with E-state index in [1.165, 1.54) is 18.0 Å². The van der Waals surface area contributed by atoms with Gasteiger partial charge in [0.25, 0.3) is 0 Å². The fourth-order valence-electron chi connectivity index (χ4n) is 3.72. The summed E-state index contributed by atoms with van der Waals surface area (Å²) >= 11 is 7.64. The van der Waals surface area contributed by atoms with E-state index < -0.39 is 5.97 Å². The molecule has 0 radical (unpaired) electrons. The van der Waals surface area contributed by atoms with Crippen LogP contribution in [-0.4, -0.2) is 46.6 Å². The summed E-state index contributed by atoms with van der Waals surface area (Å²) in [5, 5.41) is 12.8. The summed E-state index contributed by atoms with van der Waals surface area (Å²) in [5.41, 5.74) is 3.16. The number of pyridine rings is 2. The molecular formula is C28H25ClN3NaO4S. The largest absolute Gasteiger partial charge is 1.00 e. The first-order chi connectivity index (χ1) is 17.8. The number of hydrogen-bond donors (Lipinski definition) is 0. The number of thioether (sulfide) groups is 1. The van der Waals surface area contributed by atoms with E-state index in [1.54, 1.807) is 31.3 Å². The molecule has 0 aliphatic carbocycles. The average Bonchev–Trinajstić information content (AvgIpc) is 2.89. The van der Waals surface area contributed by atoms with Gasteiger partial charge in [-0.3, -0.25) is 9.78 Å². The van der Waals surface area contributed by atoms with Crippen LogP contribution < -0.4 is 39.4 Å². The van der Waals surface area contributed by atoms with Gasteiger partial charge < -0.3 is 19.5 Å². The van der Waals surface area contributed by atoms with Gasteiger partial charge in [-0.25, -0.2) is 4.98 Å². The molecule has 2 aromatic carbocycles. The monoisotopic (exact) mass is 557 g/mol. The van der Waals surface area contributed by atoms with E-state index in [9.17, 15) is 14.7 Å². The molecule has 0 saturated heterocycles. The van der Waals surface area contributed by atoms with Crippen molar-refractivity contribution in [3.05, 3.63) is 100 Å². The average molecular weight is 558 g/mol. The molecule has 7 nitrogen and oxygen atoms in total. The fourth-order valence-corrected chi connectivity index (χ4v) is 5.08. The van der Waals surface area contributed by atoms with Gasteiger partial charge in [-0.05, 0) is 47.5 Å². The Labute approximate surface area is 252 Å². The van der Waals surface area contributed by atoms with Crippen LogP contribution in [-0.2, 0) is 11.4 Å². The van der Waals surface area contributed by atoms with Crippen molar-refractivity contribution >= 4 is 46.1 Å². The molecule has 4 rings (SSSR count). The van der Waals surface area contributed by atoms with Crippen LogP contribution in [0.5, 0.6) is 5.75 Å². The van der Waals surface area contributed by atoms with Crippen molar-refractivity contribution < 1.29 is 49.0 Å². The van der Waals surface area contributed by atoms with Crippen LogP contribution in [0.25, 0.3) is 10.9 Å². The molecule has 0 aliphatic rings. The third kappa shape index (κ3) is 7.94. The van der Waals surface area contributed by atoms with Gasteiger partial charge in [0.05, 0.1) is 22.4 Å². The van der Waals surface area contributed by atoms with Gasteiger partial charge in [-0.15, -0.1) is 11.8 Å². The SMILES string of the molecule is CN(C)C(=O)CCSC(c1cccc(OCc2ccc3ccc(Cl)cc3n2)c1)c1cncc(C(=O)[O-])c1.[Na+]. The molecule has 38 heavy (non-hydrogen) atoms. The third-order valence-electron chi connectivity index (χ3n) is 5.66. The molecular weight excluding hydrogens is 533 g/mol. The van der Waals surface area contributed by atoms with Gasteiger partial charge in [0.1, 0.15) is 12.4 Å². The van der Waals surface area contributed by atoms with Crippen LogP contribution >= 0.6 is 23.4 Å². The summed E-state index contributed by atoms with van der Waals surface area (Å²) < 4.78 is 6.05. The summed E-state index contributed by atoms with van der Waals surface area (Å²) in [4.78, 5) is 33.8. The number of carboxylic acid groups (broad SMARTS) is 1. The van der Waals surface area contributed by atoms with Gasteiger partial charge in [0.2, 0.25) is 5.91 Å². The summed E-state index contributed by atoms with van der Waals surface area (Å²) in [7, 11) is 3.44. The molecule has 10 heteroatoms. The first kappa shape index (κ1) is 29.9. The molecule has 1 amide bonds. The Balaban J connectivity index is 0.00000400. The Bertz CT molecular complexity index is 1440. The van der Waals surface area contributed by atoms with Crippen LogP contribution in [0.4, 0.5) is 0 Å². The molecule has 190 valence electrons. The van der Waals surface area contributed by atoms with Crippen molar-refractivity contribution in [1.29, 1.82) is 0 Å². The Morgan fingerprint density at radius 3 is 2.61 bits per heavy atom. The van der Waals surface area contributed by atoms with Gasteiger partial charge >= 0.3 is 29.6 Å². The van der Waals surface area contributed by atoms with Crippen molar-refractivity contribution in [3.8, 4) is 5.75 Å². The van der Waals surface area contributed by atoms with E-state index in [1.807, 2.05) is 54.6 Å². The number of hydrogen-bond acceptors (Lipinski definition) is 7. The zero-order valence-corrected chi connectivity index (χ0v) is 25.0. The molecule has 1 atom stereocenters. The molecule has 0 fully saturated rings. The van der Waals surface area contributed by atoms with Crippen LogP contribution in [0.15, 0.2) is 73.1 Å². The van der Waals surface area contributed by atoms with Gasteiger partial charge in [0.15, 0.2) is 0 Å². The first-order valence-electron chi connectivity index (χ1n) is 11.6. The Morgan fingerprint density at radius 2 is 1.84 bits per heavy atom. The number of aromatic carboxylic acids is 1. The van der Waals surface area contributed by atoms with Gasteiger partial charge in [-0.1, -0.05) is 35.9 Å². The zero-order valence-electron chi connectivity index (χ0n) is 21.4. The Kier molecular flexibility index (Phi) is 11.0. The minimum absolute atomic E-state index is 0. The minimum atomic E-state index is -1.29. The summed E-state index contributed by atoms with van der Waals surface area (Å²) in [6.07, 6.45) is 3.25. The second-order valence-corrected chi connectivity index (χ2v) is 10.2. The molecule has 0 bridgehead atoms. The molecule has 0 saturated carbocycles. The number of nitrogens with zero attached hydrogens (tertiary/aromatic N) is 3. The topological polar surface area (TPSA) is 95.5 Å². The number of fused-ring (bicyclic) bond motifs is 1. The normalized spacial score (nSPS) is 11.4. The number of benzene rings is 2. The van der Waals surface area contributed by atoms with Crippen LogP contribution in [0, 0.1) is 0 Å². The minimum Gasteiger partial charge on any atom is -0.545 e. The molecule has 2 aromatic heterocycles. The maximum Gasteiger partial charge on any atom is 1.00 e. The first-order valence-corrected chi connectivity index (χ1v) is 13.0. The number of carbonyl (C=O) groups is 2. The fraction of sp³-hybridized carbons (Fsp3) is 0.214. The second kappa shape index (κ2) is 14.0. The van der Waals surface area contributed by atoms with Crippen molar-refractivity contribution in [2.75, 3.05) is 19.8 Å². The van der Waals surface area contributed by atoms with Crippen molar-refractivity contribution in [2.24, 2.45) is 0 Å². The van der Waals surface area contributed by atoms with Crippen LogP contribution in [0.2, 0.25) is 5.02 Å². The number of rotatable bonds is 10. The quantitative estimate of drug-likeness (QED) is 0.273. The van der Waals surface area contributed by atoms with E-state index in [-0.39, 0.29) is 52.9 Å². The van der Waals surface area contributed by atoms with Crippen molar-refractivity contribution in [3.63, 3.8) is 0 Å². The molecule has 2 heterocycles. The maximum absolute atomic E-state index is 12.1. The number of halogens is 1. The Hall–Kier alpha value is -2.62. The van der Waals surface area contributed by atoms with E-state index in [2.05, 4.69) is 9.97 Å². The zero-order chi connectivity index (χ0) is 26.4. The summed E-state index contributed by atoms with van der Waals surface area (Å²) in [6.45, 7) is 0.267. The van der Waals surface area contributed by atoms with E-state index >= 15 is 0 Å². The molecule has 0 spiro atoms. The predicted molar refractivity (Wildman–Crippen MR) is 144 cm³/mol. The van der Waals surface area contributed by atoms with Crippen molar-refractivity contribution in [1.82, 2.24) is 14.9 Å². The van der Waals surface area contributed by atoms with Crippen LogP contribution in [0.1, 0.15) is 38.8 Å². The number of aromatic nitrogens is 2. The standard InChI is InChI=1S/C28H26ClN3O4S.Na/c1-32(2)26(33)10-11-37-27(20-12-21(28(34)35)16-30-15-20)19-4-3-5-24(13-19)36-17-23-9-7-18-6-8-22(29)14-25(18)31-23;/h3-9,12-16,27H,10-11,17H2,1-2H3,(H,34,35);/q;+1/p-1. The summed E-state index contributed by atoms with van der Waals surface area (Å²) in [5.74, 6) is -0.0768. The second-order valence-electron chi connectivity index (χ2n) is 8.58. The molecule has 0 N–H and O–H groups in total. The number of amides is 1. The number of ether oxygens (including phenoxy) is 1. The molecule has 0 aliphatic heterocycles. The number of carboxylic acids is 1. The summed E-state index contributed by atoms with van der Waals surface area (Å²) in [6, 6.07) is 18.6. The Morgan fingerprint density at radius 1 is 1.05 bits per heavy atom. The molecule has 1 unspecified atom stereocenters. The van der Waals surface area contributed by atoms with Crippen LogP contribution in [0.3, 0.4) is 0 Å². The predicted octanol–water partition coefficient (Wildman–Crippen LogP) is 1.53. The maximum atomic E-state index is 12.1. The van der Waals surface area contributed by atoms with Gasteiger partial charge in [-0.2, -0.15) is 0 Å². The van der Waals surface area contributed by atoms with E-state index in [0.29, 0.717) is 28.5 Å². The van der Waals surface area contributed by atoms with Gasteiger partial charge in [0, 0.05) is 54.6 Å².